The maximum absolute atomic E-state index is 11.9. The van der Waals surface area contributed by atoms with Crippen LogP contribution in [0.15, 0.2) is 4.99 Å². The fourth-order valence-electron chi connectivity index (χ4n) is 2.72. The summed E-state index contributed by atoms with van der Waals surface area (Å²) in [7, 11) is 3.43. The third-order valence-electron chi connectivity index (χ3n) is 4.61. The first-order chi connectivity index (χ1) is 13.8. The molecular weight excluding hydrogens is 374 g/mol. The molecule has 9 nitrogen and oxygen atoms in total. The van der Waals surface area contributed by atoms with Crippen LogP contribution in [0.2, 0.25) is 0 Å². The van der Waals surface area contributed by atoms with Gasteiger partial charge in [0.25, 0.3) is 0 Å². The maximum atomic E-state index is 11.9. The molecule has 0 unspecified atom stereocenters. The van der Waals surface area contributed by atoms with Crippen LogP contribution in [0.1, 0.15) is 40.0 Å². The van der Waals surface area contributed by atoms with Crippen molar-refractivity contribution in [1.82, 2.24) is 20.4 Å². The van der Waals surface area contributed by atoms with E-state index in [9.17, 15) is 9.59 Å². The van der Waals surface area contributed by atoms with Crippen LogP contribution in [0.25, 0.3) is 0 Å². The van der Waals surface area contributed by atoms with Gasteiger partial charge in [-0.15, -0.1) is 0 Å². The Balaban J connectivity index is 2.48. The number of nitrogens with one attached hydrogen (secondary N) is 2. The van der Waals surface area contributed by atoms with Gasteiger partial charge in [-0.05, 0) is 32.1 Å². The van der Waals surface area contributed by atoms with Crippen LogP contribution in [0.3, 0.4) is 0 Å². The third-order valence-corrected chi connectivity index (χ3v) is 4.61. The fraction of sp³-hybridized carbons (Fsp3) is 0.850. The summed E-state index contributed by atoms with van der Waals surface area (Å²) in [5.74, 6) is 1.16. The summed E-state index contributed by atoms with van der Waals surface area (Å²) < 4.78 is 10.7. The zero-order chi connectivity index (χ0) is 21.6. The van der Waals surface area contributed by atoms with Crippen molar-refractivity contribution in [3.63, 3.8) is 0 Å². The van der Waals surface area contributed by atoms with Crippen molar-refractivity contribution in [1.29, 1.82) is 0 Å². The number of ether oxygens (including phenoxy) is 2. The predicted molar refractivity (Wildman–Crippen MR) is 114 cm³/mol. The smallest absolute Gasteiger partial charge is 0.409 e. The van der Waals surface area contributed by atoms with E-state index in [1.54, 1.807) is 19.0 Å². The number of aliphatic imine (C=N–C) groups is 1. The standard InChI is InChI=1S/C20H39N5O4/c1-6-29-20(27)25-11-7-17(8-12-25)23-19(22-15-18(26)24(4)5)21-10-14-28-13-9-16(2)3/h16-17H,6-15H2,1-5H3,(H2,21,22,23). The summed E-state index contributed by atoms with van der Waals surface area (Å²) in [6.07, 6.45) is 2.38. The van der Waals surface area contributed by atoms with E-state index in [0.29, 0.717) is 44.7 Å². The Hall–Kier alpha value is -2.03. The lowest BCUT2D eigenvalue weighted by molar-refractivity contribution is -0.127. The second-order valence-corrected chi connectivity index (χ2v) is 7.78. The second kappa shape index (κ2) is 14.0. The van der Waals surface area contributed by atoms with Gasteiger partial charge in [-0.1, -0.05) is 13.8 Å². The molecule has 1 fully saturated rings. The number of likely N-dealkylation sites (N-methyl/N-ethyl adjacent to an activating group) is 1. The molecule has 9 heteroatoms. The number of hydrogen-bond donors (Lipinski definition) is 2. The Labute approximate surface area is 175 Å². The van der Waals surface area contributed by atoms with Gasteiger partial charge in [0.1, 0.15) is 6.54 Å². The van der Waals surface area contributed by atoms with Crippen LogP contribution in [0, 0.1) is 5.92 Å². The van der Waals surface area contributed by atoms with E-state index in [2.05, 4.69) is 29.5 Å². The van der Waals surface area contributed by atoms with Crippen LogP contribution in [-0.4, -0.2) is 93.9 Å². The number of nitrogens with zero attached hydrogens (tertiary/aromatic N) is 3. The first kappa shape index (κ1) is 25.0. The summed E-state index contributed by atoms with van der Waals surface area (Å²) in [6.45, 7) is 9.83. The van der Waals surface area contributed by atoms with Gasteiger partial charge in [0.05, 0.1) is 13.2 Å². The number of carbonyl (C=O) groups is 2. The van der Waals surface area contributed by atoms with Gasteiger partial charge in [-0.25, -0.2) is 9.79 Å². The summed E-state index contributed by atoms with van der Waals surface area (Å²) >= 11 is 0. The Kier molecular flexibility index (Phi) is 12.1. The normalized spacial score (nSPS) is 15.4. The summed E-state index contributed by atoms with van der Waals surface area (Å²) in [6, 6.07) is 0.184. The first-order valence-corrected chi connectivity index (χ1v) is 10.6. The van der Waals surface area contributed by atoms with E-state index >= 15 is 0 Å². The Morgan fingerprint density at radius 1 is 1.21 bits per heavy atom. The Bertz CT molecular complexity index is 517. The van der Waals surface area contributed by atoms with Crippen LogP contribution in [0.5, 0.6) is 0 Å². The van der Waals surface area contributed by atoms with Crippen molar-refractivity contribution >= 4 is 18.0 Å². The van der Waals surface area contributed by atoms with E-state index in [-0.39, 0.29) is 24.6 Å². The highest BCUT2D eigenvalue weighted by molar-refractivity contribution is 5.85. The zero-order valence-corrected chi connectivity index (χ0v) is 18.7. The topological polar surface area (TPSA) is 95.5 Å². The average Bonchev–Trinajstić information content (AvgIpc) is 2.68. The monoisotopic (exact) mass is 413 g/mol. The Morgan fingerprint density at radius 3 is 2.48 bits per heavy atom. The van der Waals surface area contributed by atoms with Crippen LogP contribution < -0.4 is 10.6 Å². The minimum absolute atomic E-state index is 0.0589. The van der Waals surface area contributed by atoms with Gasteiger partial charge in [0.15, 0.2) is 5.96 Å². The van der Waals surface area contributed by atoms with E-state index in [0.717, 1.165) is 25.9 Å². The fourth-order valence-corrected chi connectivity index (χ4v) is 2.72. The molecule has 1 aliphatic heterocycles. The molecule has 0 aliphatic carbocycles. The minimum Gasteiger partial charge on any atom is -0.450 e. The van der Waals surface area contributed by atoms with Crippen LogP contribution >= 0.6 is 0 Å². The van der Waals surface area contributed by atoms with Crippen molar-refractivity contribution in [2.45, 2.75) is 46.1 Å². The van der Waals surface area contributed by atoms with Crippen molar-refractivity contribution in [3.8, 4) is 0 Å². The van der Waals surface area contributed by atoms with E-state index < -0.39 is 0 Å². The highest BCUT2D eigenvalue weighted by atomic mass is 16.6. The second-order valence-electron chi connectivity index (χ2n) is 7.78. The zero-order valence-electron chi connectivity index (χ0n) is 18.7. The Morgan fingerprint density at radius 2 is 1.90 bits per heavy atom. The number of rotatable bonds is 10. The molecule has 0 saturated carbocycles. The molecule has 168 valence electrons. The molecule has 1 aliphatic rings. The molecule has 0 bridgehead atoms. The average molecular weight is 414 g/mol. The van der Waals surface area contributed by atoms with E-state index in [1.165, 1.54) is 4.90 Å². The van der Waals surface area contributed by atoms with Crippen LogP contribution in [0.4, 0.5) is 4.79 Å². The van der Waals surface area contributed by atoms with Gasteiger partial charge in [0, 0.05) is 46.4 Å². The molecule has 1 saturated heterocycles. The summed E-state index contributed by atoms with van der Waals surface area (Å²) in [4.78, 5) is 31.4. The number of guanidine groups is 1. The lowest BCUT2D eigenvalue weighted by Crippen LogP contribution is -2.50. The van der Waals surface area contributed by atoms with Crippen molar-refractivity contribution < 1.29 is 19.1 Å². The highest BCUT2D eigenvalue weighted by Gasteiger charge is 2.24. The minimum atomic E-state index is -0.256. The molecule has 0 aromatic carbocycles. The molecule has 1 heterocycles. The lowest BCUT2D eigenvalue weighted by Gasteiger charge is -2.32. The third kappa shape index (κ3) is 10.9. The van der Waals surface area contributed by atoms with Gasteiger partial charge < -0.3 is 29.9 Å². The molecule has 1 rings (SSSR count). The van der Waals surface area contributed by atoms with Crippen LogP contribution in [-0.2, 0) is 14.3 Å². The molecule has 0 atom stereocenters. The molecule has 0 aromatic rings. The number of hydrogen-bond acceptors (Lipinski definition) is 5. The molecule has 0 radical (unpaired) electrons. The molecule has 0 spiro atoms. The molecule has 2 amide bonds. The van der Waals surface area contributed by atoms with Crippen molar-refractivity contribution in [2.24, 2.45) is 10.9 Å². The van der Waals surface area contributed by atoms with E-state index in [4.69, 9.17) is 9.47 Å². The molecule has 0 aromatic heterocycles. The van der Waals surface area contributed by atoms with Crippen molar-refractivity contribution in [3.05, 3.63) is 0 Å². The summed E-state index contributed by atoms with van der Waals surface area (Å²) in [5.41, 5.74) is 0. The van der Waals surface area contributed by atoms with E-state index in [1.807, 2.05) is 6.92 Å². The van der Waals surface area contributed by atoms with Gasteiger partial charge in [-0.2, -0.15) is 0 Å². The van der Waals surface area contributed by atoms with Gasteiger partial charge in [0.2, 0.25) is 5.91 Å². The maximum Gasteiger partial charge on any atom is 0.409 e. The van der Waals surface area contributed by atoms with Gasteiger partial charge in [-0.3, -0.25) is 4.79 Å². The largest absolute Gasteiger partial charge is 0.450 e. The number of likely N-dealkylation sites (tertiary alicyclic amines) is 1. The molecule has 2 N–H and O–H groups in total. The number of amides is 2. The molecule has 29 heavy (non-hydrogen) atoms. The quantitative estimate of drug-likeness (QED) is 0.318. The highest BCUT2D eigenvalue weighted by Crippen LogP contribution is 2.11. The summed E-state index contributed by atoms with van der Waals surface area (Å²) in [5, 5.41) is 6.63. The number of piperidine rings is 1. The first-order valence-electron chi connectivity index (χ1n) is 10.6. The lowest BCUT2D eigenvalue weighted by atomic mass is 10.1. The predicted octanol–water partition coefficient (Wildman–Crippen LogP) is 1.29. The molecular formula is C20H39N5O4. The number of carbonyl (C=O) groups excluding carboxylic acids is 2. The SMILES string of the molecule is CCOC(=O)N1CCC(NC(=NCC(=O)N(C)C)NCCOCCC(C)C)CC1. The van der Waals surface area contributed by atoms with Gasteiger partial charge >= 0.3 is 6.09 Å². The van der Waals surface area contributed by atoms with Crippen molar-refractivity contribution in [2.75, 3.05) is 60.1 Å².